The van der Waals surface area contributed by atoms with Crippen molar-refractivity contribution in [3.63, 3.8) is 0 Å². The van der Waals surface area contributed by atoms with E-state index in [0.717, 1.165) is 34.0 Å². The molecule has 0 radical (unpaired) electrons. The molecule has 10 heteroatoms. The van der Waals surface area contributed by atoms with Crippen LogP contribution in [0.25, 0.3) is 17.0 Å². The van der Waals surface area contributed by atoms with Gasteiger partial charge in [0.1, 0.15) is 4.21 Å². The van der Waals surface area contributed by atoms with Crippen molar-refractivity contribution in [3.05, 3.63) is 76.1 Å². The Morgan fingerprint density at radius 3 is 2.70 bits per heavy atom. The minimum absolute atomic E-state index is 0.0141. The fourth-order valence-electron chi connectivity index (χ4n) is 2.75. The molecule has 1 amide bonds. The molecule has 4 rings (SSSR count). The van der Waals surface area contributed by atoms with Gasteiger partial charge in [0.25, 0.3) is 15.9 Å². The van der Waals surface area contributed by atoms with Crippen LogP contribution in [0.2, 0.25) is 4.34 Å². The summed E-state index contributed by atoms with van der Waals surface area (Å²) in [5.74, 6) is -0.354. The number of hydrogen-bond acceptors (Lipinski definition) is 6. The summed E-state index contributed by atoms with van der Waals surface area (Å²) < 4.78 is 29.5. The first-order valence-corrected chi connectivity index (χ1v) is 12.1. The van der Waals surface area contributed by atoms with Gasteiger partial charge in [-0.1, -0.05) is 41.9 Å². The molecule has 152 valence electrons. The number of pyridine rings is 1. The summed E-state index contributed by atoms with van der Waals surface area (Å²) in [6, 6.07) is 14.3. The second-order valence-corrected chi connectivity index (χ2v) is 10.7. The Bertz CT molecular complexity index is 1330. The molecule has 2 aromatic heterocycles. The number of para-hydroxylation sites is 1. The van der Waals surface area contributed by atoms with Crippen LogP contribution in [-0.2, 0) is 14.8 Å². The predicted molar refractivity (Wildman–Crippen MR) is 123 cm³/mol. The highest BCUT2D eigenvalue weighted by Crippen LogP contribution is 2.35. The topological polar surface area (TPSA) is 79.7 Å². The largest absolute Gasteiger partial charge is 0.294 e. The molecule has 1 saturated heterocycles. The lowest BCUT2D eigenvalue weighted by Crippen LogP contribution is -2.29. The molecule has 0 saturated carbocycles. The van der Waals surface area contributed by atoms with E-state index in [1.165, 1.54) is 23.1 Å². The Hall–Kier alpha value is -2.46. The van der Waals surface area contributed by atoms with Gasteiger partial charge < -0.3 is 0 Å². The summed E-state index contributed by atoms with van der Waals surface area (Å²) >= 11 is 7.74. The normalized spacial score (nSPS) is 17.4. The van der Waals surface area contributed by atoms with E-state index in [1.54, 1.807) is 12.1 Å². The van der Waals surface area contributed by atoms with Crippen LogP contribution in [-0.4, -0.2) is 35.9 Å². The van der Waals surface area contributed by atoms with Crippen molar-refractivity contribution in [2.24, 2.45) is 4.40 Å². The molecule has 0 spiro atoms. The molecule has 30 heavy (non-hydrogen) atoms. The Morgan fingerprint density at radius 2 is 1.97 bits per heavy atom. The maximum absolute atomic E-state index is 12.9. The van der Waals surface area contributed by atoms with E-state index >= 15 is 0 Å². The van der Waals surface area contributed by atoms with Crippen LogP contribution in [0.5, 0.6) is 0 Å². The number of amides is 1. The average molecular weight is 476 g/mol. The first kappa shape index (κ1) is 20.8. The zero-order valence-corrected chi connectivity index (χ0v) is 18.6. The van der Waals surface area contributed by atoms with Crippen LogP contribution in [0.1, 0.15) is 5.69 Å². The van der Waals surface area contributed by atoms with E-state index in [0.29, 0.717) is 14.9 Å². The number of fused-ring (bicyclic) bond motifs is 1. The predicted octanol–water partition coefficient (Wildman–Crippen LogP) is 4.80. The van der Waals surface area contributed by atoms with Crippen molar-refractivity contribution in [1.82, 2.24) is 9.88 Å². The van der Waals surface area contributed by atoms with E-state index in [-0.39, 0.29) is 21.8 Å². The summed E-state index contributed by atoms with van der Waals surface area (Å²) in [6.07, 6.45) is 3.15. The molecular formula is C20H14ClN3O3S3. The number of thioether (sulfide) groups is 1. The molecule has 1 aromatic carbocycles. The smallest absolute Gasteiger partial charge is 0.282 e. The lowest BCUT2D eigenvalue weighted by Gasteiger charge is -2.12. The zero-order chi connectivity index (χ0) is 21.3. The van der Waals surface area contributed by atoms with Gasteiger partial charge in [0.05, 0.1) is 20.5 Å². The molecule has 3 aromatic rings. The van der Waals surface area contributed by atoms with Gasteiger partial charge in [-0.3, -0.25) is 9.69 Å². The monoisotopic (exact) mass is 475 g/mol. The fraction of sp³-hybridized carbons (Fsp3) is 0.0500. The molecule has 0 bridgehead atoms. The molecular weight excluding hydrogens is 462 g/mol. The second kappa shape index (κ2) is 8.35. The van der Waals surface area contributed by atoms with Crippen molar-refractivity contribution in [2.45, 2.75) is 4.21 Å². The van der Waals surface area contributed by atoms with Crippen molar-refractivity contribution < 1.29 is 13.2 Å². The van der Waals surface area contributed by atoms with Gasteiger partial charge in [0.2, 0.25) is 0 Å². The first-order valence-electron chi connectivity index (χ1n) is 8.66. The summed E-state index contributed by atoms with van der Waals surface area (Å²) in [4.78, 5) is 19.0. The molecule has 0 aliphatic carbocycles. The molecule has 6 nitrogen and oxygen atoms in total. The third-order valence-electron chi connectivity index (χ3n) is 4.10. The van der Waals surface area contributed by atoms with E-state index in [9.17, 15) is 13.2 Å². The van der Waals surface area contributed by atoms with Crippen molar-refractivity contribution >= 4 is 72.8 Å². The Morgan fingerprint density at radius 1 is 1.17 bits per heavy atom. The van der Waals surface area contributed by atoms with Crippen LogP contribution >= 0.6 is 34.7 Å². The number of hydrogen-bond donors (Lipinski definition) is 0. The molecule has 1 aliphatic rings. The van der Waals surface area contributed by atoms with Crippen molar-refractivity contribution in [3.8, 4) is 0 Å². The highest BCUT2D eigenvalue weighted by Gasteiger charge is 2.34. The lowest BCUT2D eigenvalue weighted by atomic mass is 10.2. The Kier molecular flexibility index (Phi) is 5.79. The standard InChI is InChI=1S/C20H14ClN3O3S3/c1-2-11-24-19(25)16(12-14-8-7-13-5-3-4-6-15(13)22-14)28-20(24)23-30(26,27)18-10-9-17(21)29-18/h2-10,12H,1,11H2/b16-12-,23-20+. The zero-order valence-electron chi connectivity index (χ0n) is 15.4. The molecule has 1 aliphatic heterocycles. The highest BCUT2D eigenvalue weighted by atomic mass is 35.5. The highest BCUT2D eigenvalue weighted by molar-refractivity contribution is 8.19. The number of aromatic nitrogens is 1. The van der Waals surface area contributed by atoms with Gasteiger partial charge in [0.15, 0.2) is 5.17 Å². The fourth-order valence-corrected chi connectivity index (χ4v) is 6.38. The average Bonchev–Trinajstić information content (AvgIpc) is 3.28. The minimum Gasteiger partial charge on any atom is -0.282 e. The van der Waals surface area contributed by atoms with Crippen LogP contribution in [0.3, 0.4) is 0 Å². The number of halogens is 1. The number of carbonyl (C=O) groups excluding carboxylic acids is 1. The number of nitrogens with zero attached hydrogens (tertiary/aromatic N) is 3. The first-order chi connectivity index (χ1) is 14.4. The number of carbonyl (C=O) groups is 1. The van der Waals surface area contributed by atoms with E-state index in [1.807, 2.05) is 30.3 Å². The Labute approximate surface area is 186 Å². The summed E-state index contributed by atoms with van der Waals surface area (Å²) in [5, 5.41) is 1.05. The lowest BCUT2D eigenvalue weighted by molar-refractivity contribution is -0.121. The number of sulfonamides is 1. The second-order valence-electron chi connectivity index (χ2n) is 6.15. The van der Waals surface area contributed by atoms with Crippen LogP contribution in [0.15, 0.2) is 74.7 Å². The van der Waals surface area contributed by atoms with Crippen LogP contribution < -0.4 is 0 Å². The number of thiophene rings is 1. The van der Waals surface area contributed by atoms with E-state index in [2.05, 4.69) is 16.0 Å². The maximum atomic E-state index is 12.9. The van der Waals surface area contributed by atoms with Gasteiger partial charge in [-0.15, -0.1) is 22.3 Å². The van der Waals surface area contributed by atoms with Gasteiger partial charge in [-0.05, 0) is 42.1 Å². The van der Waals surface area contributed by atoms with Gasteiger partial charge in [-0.25, -0.2) is 4.98 Å². The number of amidine groups is 1. The summed E-state index contributed by atoms with van der Waals surface area (Å²) in [5.41, 5.74) is 1.40. The number of rotatable bonds is 5. The third-order valence-corrected chi connectivity index (χ3v) is 8.19. The Balaban J connectivity index is 1.71. The molecule has 0 N–H and O–H groups in total. The van der Waals surface area contributed by atoms with Crippen LogP contribution in [0, 0.1) is 0 Å². The van der Waals surface area contributed by atoms with E-state index in [4.69, 9.17) is 11.6 Å². The van der Waals surface area contributed by atoms with E-state index < -0.39 is 10.0 Å². The van der Waals surface area contributed by atoms with Gasteiger partial charge >= 0.3 is 0 Å². The minimum atomic E-state index is -3.99. The maximum Gasteiger partial charge on any atom is 0.294 e. The van der Waals surface area contributed by atoms with Gasteiger partial charge in [-0.2, -0.15) is 8.42 Å². The van der Waals surface area contributed by atoms with Crippen LogP contribution in [0.4, 0.5) is 0 Å². The third kappa shape index (κ3) is 4.20. The SMILES string of the molecule is C=CCN1C(=O)/C(=C/c2ccc3ccccc3n2)S/C1=N/S(=O)(=O)c1ccc(Cl)s1. The van der Waals surface area contributed by atoms with Crippen molar-refractivity contribution in [1.29, 1.82) is 0 Å². The summed E-state index contributed by atoms with van der Waals surface area (Å²) in [6.45, 7) is 3.77. The molecule has 0 unspecified atom stereocenters. The number of benzene rings is 1. The van der Waals surface area contributed by atoms with Gasteiger partial charge in [0, 0.05) is 11.9 Å². The summed E-state index contributed by atoms with van der Waals surface area (Å²) in [7, 11) is -3.99. The molecule has 1 fully saturated rings. The van der Waals surface area contributed by atoms with Crippen molar-refractivity contribution in [2.75, 3.05) is 6.54 Å². The molecule has 0 atom stereocenters. The quantitative estimate of drug-likeness (QED) is 0.391. The molecule has 3 heterocycles.